The average molecular weight is 566 g/mol. The monoisotopic (exact) mass is 565 g/mol. The first-order valence-electron chi connectivity index (χ1n) is 15.1. The van der Waals surface area contributed by atoms with E-state index in [0.29, 0.717) is 44.1 Å². The van der Waals surface area contributed by atoms with E-state index in [2.05, 4.69) is 6.92 Å². The normalized spacial score (nSPS) is 31.6. The number of carbonyl (C=O) groups is 3. The number of rotatable bonds is 10. The number of aliphatic hydroxyl groups excluding tert-OH is 1. The number of hydrogen-bond donors (Lipinski definition) is 1. The van der Waals surface area contributed by atoms with Crippen molar-refractivity contribution in [3.8, 4) is 5.75 Å². The maximum absolute atomic E-state index is 14.5. The number of amides is 3. The van der Waals surface area contributed by atoms with Crippen LogP contribution in [0.2, 0.25) is 0 Å². The van der Waals surface area contributed by atoms with Gasteiger partial charge in [0.05, 0.1) is 36.7 Å². The molecule has 0 radical (unpaired) electrons. The summed E-state index contributed by atoms with van der Waals surface area (Å²) in [4.78, 5) is 48.2. The second-order valence-corrected chi connectivity index (χ2v) is 11.7. The largest absolute Gasteiger partial charge is 0.494 e. The summed E-state index contributed by atoms with van der Waals surface area (Å²) >= 11 is 0. The van der Waals surface area contributed by atoms with Gasteiger partial charge in [0.15, 0.2) is 0 Å². The number of fused-ring (bicyclic) bond motifs is 2. The van der Waals surface area contributed by atoms with Crippen molar-refractivity contribution in [2.45, 2.75) is 76.7 Å². The fourth-order valence-electron chi connectivity index (χ4n) is 7.19. The number of nitrogens with zero attached hydrogens (tertiary/aromatic N) is 3. The molecule has 0 bridgehead atoms. The van der Waals surface area contributed by atoms with Gasteiger partial charge >= 0.3 is 0 Å². The quantitative estimate of drug-likeness (QED) is 0.345. The van der Waals surface area contributed by atoms with Gasteiger partial charge in [-0.1, -0.05) is 51.0 Å². The highest BCUT2D eigenvalue weighted by molar-refractivity contribution is 6.04. The van der Waals surface area contributed by atoms with Crippen molar-refractivity contribution >= 4 is 23.4 Å². The van der Waals surface area contributed by atoms with Crippen LogP contribution in [0.5, 0.6) is 5.75 Å². The highest BCUT2D eigenvalue weighted by atomic mass is 16.5. The molecule has 4 aliphatic rings. The first kappa shape index (κ1) is 29.3. The fourth-order valence-corrected chi connectivity index (χ4v) is 7.19. The van der Waals surface area contributed by atoms with Crippen molar-refractivity contribution in [2.75, 3.05) is 37.7 Å². The Balaban J connectivity index is 1.57. The Labute approximate surface area is 242 Å². The predicted molar refractivity (Wildman–Crippen MR) is 155 cm³/mol. The van der Waals surface area contributed by atoms with Gasteiger partial charge in [0.2, 0.25) is 17.7 Å². The summed E-state index contributed by atoms with van der Waals surface area (Å²) in [5.74, 6) is -1.77. The van der Waals surface area contributed by atoms with Crippen molar-refractivity contribution in [3.05, 3.63) is 48.6 Å². The molecule has 1 unspecified atom stereocenters. The second-order valence-electron chi connectivity index (χ2n) is 11.7. The van der Waals surface area contributed by atoms with Gasteiger partial charge in [0.25, 0.3) is 0 Å². The minimum Gasteiger partial charge on any atom is -0.494 e. The third-order valence-corrected chi connectivity index (χ3v) is 9.14. The zero-order valence-electron chi connectivity index (χ0n) is 24.6. The topological polar surface area (TPSA) is 99.6 Å². The number of anilines is 1. The number of likely N-dealkylation sites (tertiary alicyclic amines) is 1. The highest BCUT2D eigenvalue weighted by Gasteiger charge is 2.75. The van der Waals surface area contributed by atoms with Crippen LogP contribution in [0.15, 0.2) is 48.6 Å². The van der Waals surface area contributed by atoms with E-state index in [1.165, 1.54) is 4.90 Å². The average Bonchev–Trinajstić information content (AvgIpc) is 3.23. The molecule has 1 aromatic carbocycles. The summed E-state index contributed by atoms with van der Waals surface area (Å²) < 4.78 is 12.5. The Bertz CT molecular complexity index is 1210. The Kier molecular flexibility index (Phi) is 8.30. The van der Waals surface area contributed by atoms with E-state index in [-0.39, 0.29) is 24.3 Å². The molecule has 9 heteroatoms. The molecule has 1 aromatic rings. The molecule has 0 aromatic heterocycles. The molecule has 1 N–H and O–H groups in total. The number of unbranched alkanes of at least 4 members (excludes halogenated alkanes) is 2. The molecule has 6 atom stereocenters. The van der Waals surface area contributed by atoms with Crippen LogP contribution < -0.4 is 9.64 Å². The maximum Gasteiger partial charge on any atom is 0.249 e. The van der Waals surface area contributed by atoms with Crippen molar-refractivity contribution in [3.63, 3.8) is 0 Å². The van der Waals surface area contributed by atoms with E-state index >= 15 is 0 Å². The molecule has 2 fully saturated rings. The molecule has 9 nitrogen and oxygen atoms in total. The van der Waals surface area contributed by atoms with Gasteiger partial charge in [-0.3, -0.25) is 14.4 Å². The summed E-state index contributed by atoms with van der Waals surface area (Å²) in [5.41, 5.74) is -1.72. The number of aliphatic hydroxyl groups is 1. The van der Waals surface area contributed by atoms with Gasteiger partial charge in [-0.25, -0.2) is 0 Å². The number of hydrogen-bond acceptors (Lipinski definition) is 6. The first-order chi connectivity index (χ1) is 19.8. The molecular weight excluding hydrogens is 522 g/mol. The third kappa shape index (κ3) is 4.77. The van der Waals surface area contributed by atoms with Crippen LogP contribution in [0.1, 0.15) is 53.4 Å². The molecule has 4 heterocycles. The van der Waals surface area contributed by atoms with Gasteiger partial charge in [-0.05, 0) is 51.0 Å². The van der Waals surface area contributed by atoms with Crippen molar-refractivity contribution in [1.29, 1.82) is 0 Å². The fraction of sp³-hybridized carbons (Fsp3) is 0.594. The predicted octanol–water partition coefficient (Wildman–Crippen LogP) is 3.32. The van der Waals surface area contributed by atoms with Crippen molar-refractivity contribution in [2.24, 2.45) is 11.8 Å². The van der Waals surface area contributed by atoms with Gasteiger partial charge < -0.3 is 29.3 Å². The minimum absolute atomic E-state index is 0.186. The number of ether oxygens (including phenoxy) is 2. The van der Waals surface area contributed by atoms with Crippen LogP contribution in [0.25, 0.3) is 0 Å². The van der Waals surface area contributed by atoms with E-state index in [1.807, 2.05) is 69.3 Å². The van der Waals surface area contributed by atoms with Crippen LogP contribution in [-0.4, -0.2) is 88.8 Å². The highest BCUT2D eigenvalue weighted by Crippen LogP contribution is 2.58. The van der Waals surface area contributed by atoms with Crippen molar-refractivity contribution < 1.29 is 29.0 Å². The minimum atomic E-state index is -1.32. The number of benzene rings is 1. The van der Waals surface area contributed by atoms with Gasteiger partial charge in [-0.15, -0.1) is 0 Å². The molecule has 4 aliphatic heterocycles. The maximum atomic E-state index is 14.5. The summed E-state index contributed by atoms with van der Waals surface area (Å²) in [6, 6.07) is 5.84. The summed E-state index contributed by atoms with van der Waals surface area (Å²) in [6.07, 6.45) is 10.9. The summed E-state index contributed by atoms with van der Waals surface area (Å²) in [6.45, 7) is 9.37. The Morgan fingerprint density at radius 2 is 1.71 bits per heavy atom. The number of carbonyl (C=O) groups excluding carboxylic acids is 3. The van der Waals surface area contributed by atoms with E-state index in [1.54, 1.807) is 9.80 Å². The van der Waals surface area contributed by atoms with Crippen molar-refractivity contribution in [1.82, 2.24) is 9.80 Å². The lowest BCUT2D eigenvalue weighted by Gasteiger charge is -2.40. The molecule has 2 saturated heterocycles. The molecular formula is C32H43N3O6. The van der Waals surface area contributed by atoms with Crippen LogP contribution >= 0.6 is 0 Å². The van der Waals surface area contributed by atoms with Crippen LogP contribution in [0, 0.1) is 11.8 Å². The summed E-state index contributed by atoms with van der Waals surface area (Å²) in [5, 5.41) is 10.3. The smallest absolute Gasteiger partial charge is 0.249 e. The second kappa shape index (κ2) is 11.6. The Morgan fingerprint density at radius 3 is 2.37 bits per heavy atom. The molecule has 0 aliphatic carbocycles. The van der Waals surface area contributed by atoms with Crippen LogP contribution in [0.4, 0.5) is 5.69 Å². The molecule has 41 heavy (non-hydrogen) atoms. The van der Waals surface area contributed by atoms with E-state index in [0.717, 1.165) is 19.3 Å². The van der Waals surface area contributed by atoms with Crippen LogP contribution in [-0.2, 0) is 19.1 Å². The third-order valence-electron chi connectivity index (χ3n) is 9.14. The SMILES string of the molecule is CCCCCN1CC=C[C@]23O[C@@]4(C)C=CCN(c5ccc(OCC)cc5)C(=O)[C@H]4[C@H]2C(=O)N([C@@H](CC)CO)C3C1=O. The standard InChI is InChI=1S/C32H43N3O6/c1-5-8-9-18-33-19-11-17-32-26(29(38)35(22(6-2)21-36)27(32)30(33)39)25-28(37)34(20-10-16-31(25,4)41-32)23-12-14-24(15-13-23)40-7-3/h10-17,22,25-27,36H,5-9,18-21H2,1-4H3/t22-,25+,26-,27?,31-,32-/m0/s1. The zero-order valence-corrected chi connectivity index (χ0v) is 24.6. The zero-order chi connectivity index (χ0) is 29.4. The Morgan fingerprint density at radius 1 is 0.976 bits per heavy atom. The van der Waals surface area contributed by atoms with Gasteiger partial charge in [0.1, 0.15) is 17.4 Å². The lowest BCUT2D eigenvalue weighted by molar-refractivity contribution is -0.154. The molecule has 1 spiro atoms. The lowest BCUT2D eigenvalue weighted by Crippen LogP contribution is -2.58. The van der Waals surface area contributed by atoms with E-state index in [4.69, 9.17) is 9.47 Å². The molecule has 5 rings (SSSR count). The molecule has 222 valence electrons. The summed E-state index contributed by atoms with van der Waals surface area (Å²) in [7, 11) is 0. The molecule has 3 amide bonds. The lowest BCUT2D eigenvalue weighted by atomic mass is 9.74. The van der Waals surface area contributed by atoms with Gasteiger partial charge in [-0.2, -0.15) is 0 Å². The van der Waals surface area contributed by atoms with E-state index in [9.17, 15) is 19.5 Å². The van der Waals surface area contributed by atoms with E-state index < -0.39 is 35.1 Å². The Hall–Kier alpha value is -3.17. The van der Waals surface area contributed by atoms with Gasteiger partial charge in [0, 0.05) is 25.3 Å². The first-order valence-corrected chi connectivity index (χ1v) is 15.1. The van der Waals surface area contributed by atoms with Crippen LogP contribution in [0.3, 0.4) is 0 Å². The molecule has 0 saturated carbocycles.